The van der Waals surface area contributed by atoms with Gasteiger partial charge in [-0.1, -0.05) is 12.2 Å². The van der Waals surface area contributed by atoms with E-state index in [1.807, 2.05) is 19.9 Å². The summed E-state index contributed by atoms with van der Waals surface area (Å²) in [6.07, 6.45) is 5.55. The lowest BCUT2D eigenvalue weighted by Crippen LogP contribution is -2.19. The van der Waals surface area contributed by atoms with E-state index in [-0.39, 0.29) is 12.1 Å². The number of ether oxygens (including phenoxy) is 1. The molecular formula is C13H17N3O3. The monoisotopic (exact) mass is 263 g/mol. The van der Waals surface area contributed by atoms with Crippen molar-refractivity contribution in [2.45, 2.75) is 32.4 Å². The fraction of sp³-hybridized carbons (Fsp3) is 0.462. The molecule has 2 unspecified atom stereocenters. The average Bonchev–Trinajstić information content (AvgIpc) is 2.77. The summed E-state index contributed by atoms with van der Waals surface area (Å²) in [5.74, 6) is -0.0895. The maximum atomic E-state index is 10.9. The summed E-state index contributed by atoms with van der Waals surface area (Å²) >= 11 is 0. The second-order valence-electron chi connectivity index (χ2n) is 4.72. The molecule has 0 spiro atoms. The maximum Gasteiger partial charge on any atom is 0.310 e. The SMILES string of the molecule is CC(C)Oc1cc(NC2C=CC(C(=O)O)C2)ncn1. The molecular weight excluding hydrogens is 246 g/mol. The first kappa shape index (κ1) is 13.3. The third-order valence-electron chi connectivity index (χ3n) is 2.73. The largest absolute Gasteiger partial charge is 0.481 e. The van der Waals surface area contributed by atoms with Crippen LogP contribution in [-0.4, -0.2) is 33.2 Å². The molecule has 2 rings (SSSR count). The number of nitrogens with zero attached hydrogens (tertiary/aromatic N) is 2. The third kappa shape index (κ3) is 3.67. The van der Waals surface area contributed by atoms with Gasteiger partial charge in [0.1, 0.15) is 12.1 Å². The van der Waals surface area contributed by atoms with Crippen LogP contribution in [0.25, 0.3) is 0 Å². The molecule has 1 aliphatic carbocycles. The molecule has 0 radical (unpaired) electrons. The number of carboxylic acids is 1. The smallest absolute Gasteiger partial charge is 0.310 e. The third-order valence-corrected chi connectivity index (χ3v) is 2.73. The van der Waals surface area contributed by atoms with E-state index in [4.69, 9.17) is 9.84 Å². The van der Waals surface area contributed by atoms with Gasteiger partial charge in [0.15, 0.2) is 0 Å². The van der Waals surface area contributed by atoms with Crippen molar-refractivity contribution in [1.29, 1.82) is 0 Å². The Morgan fingerprint density at radius 1 is 1.47 bits per heavy atom. The first-order chi connectivity index (χ1) is 9.04. The van der Waals surface area contributed by atoms with E-state index >= 15 is 0 Å². The highest BCUT2D eigenvalue weighted by atomic mass is 16.5. The molecule has 0 bridgehead atoms. The van der Waals surface area contributed by atoms with E-state index in [0.29, 0.717) is 18.1 Å². The van der Waals surface area contributed by atoms with Gasteiger partial charge >= 0.3 is 5.97 Å². The molecule has 0 aliphatic heterocycles. The van der Waals surface area contributed by atoms with Gasteiger partial charge in [0.25, 0.3) is 0 Å². The van der Waals surface area contributed by atoms with E-state index in [2.05, 4.69) is 15.3 Å². The second-order valence-corrected chi connectivity index (χ2v) is 4.72. The molecule has 6 nitrogen and oxygen atoms in total. The predicted octanol–water partition coefficient (Wildman–Crippen LogP) is 1.70. The summed E-state index contributed by atoms with van der Waals surface area (Å²) in [7, 11) is 0. The predicted molar refractivity (Wildman–Crippen MR) is 70.1 cm³/mol. The molecule has 19 heavy (non-hydrogen) atoms. The lowest BCUT2D eigenvalue weighted by molar-refractivity contribution is -0.140. The van der Waals surface area contributed by atoms with Crippen LogP contribution in [0.5, 0.6) is 5.88 Å². The van der Waals surface area contributed by atoms with E-state index < -0.39 is 11.9 Å². The highest BCUT2D eigenvalue weighted by molar-refractivity contribution is 5.73. The quantitative estimate of drug-likeness (QED) is 0.787. The number of aromatic nitrogens is 2. The number of carbonyl (C=O) groups is 1. The summed E-state index contributed by atoms with van der Waals surface area (Å²) in [4.78, 5) is 19.0. The topological polar surface area (TPSA) is 84.3 Å². The summed E-state index contributed by atoms with van der Waals surface area (Å²) < 4.78 is 5.48. The zero-order valence-electron chi connectivity index (χ0n) is 10.9. The summed E-state index contributed by atoms with van der Waals surface area (Å²) in [6.45, 7) is 3.85. The van der Waals surface area contributed by atoms with Gasteiger partial charge in [0.2, 0.25) is 5.88 Å². The Hall–Kier alpha value is -2.11. The molecule has 1 aromatic rings. The van der Waals surface area contributed by atoms with Gasteiger partial charge in [-0.15, -0.1) is 0 Å². The molecule has 1 aromatic heterocycles. The van der Waals surface area contributed by atoms with Crippen LogP contribution >= 0.6 is 0 Å². The number of carboxylic acid groups (broad SMARTS) is 1. The first-order valence-electron chi connectivity index (χ1n) is 6.21. The van der Waals surface area contributed by atoms with Gasteiger partial charge < -0.3 is 15.2 Å². The Morgan fingerprint density at radius 2 is 2.26 bits per heavy atom. The number of rotatable bonds is 5. The van der Waals surface area contributed by atoms with Crippen molar-refractivity contribution in [2.75, 3.05) is 5.32 Å². The molecule has 1 heterocycles. The molecule has 0 aromatic carbocycles. The average molecular weight is 263 g/mol. The van der Waals surface area contributed by atoms with Crippen LogP contribution in [-0.2, 0) is 4.79 Å². The van der Waals surface area contributed by atoms with Crippen LogP contribution in [0, 0.1) is 5.92 Å². The highest BCUT2D eigenvalue weighted by Gasteiger charge is 2.24. The number of aliphatic carboxylic acids is 1. The van der Waals surface area contributed by atoms with Crippen LogP contribution in [0.2, 0.25) is 0 Å². The molecule has 0 saturated heterocycles. The standard InChI is InChI=1S/C13H17N3O3/c1-8(2)19-12-6-11(14-7-15-12)16-10-4-3-9(5-10)13(17)18/h3-4,6-10H,5H2,1-2H3,(H,17,18)(H,14,15,16). The Kier molecular flexibility index (Phi) is 3.99. The Morgan fingerprint density at radius 3 is 2.89 bits per heavy atom. The number of hydrogen-bond acceptors (Lipinski definition) is 5. The minimum absolute atomic E-state index is 0.0251. The summed E-state index contributed by atoms with van der Waals surface area (Å²) in [5, 5.41) is 12.1. The van der Waals surface area contributed by atoms with Crippen molar-refractivity contribution in [3.8, 4) is 5.88 Å². The van der Waals surface area contributed by atoms with Crippen molar-refractivity contribution < 1.29 is 14.6 Å². The minimum Gasteiger partial charge on any atom is -0.481 e. The first-order valence-corrected chi connectivity index (χ1v) is 6.21. The van der Waals surface area contributed by atoms with Crippen molar-refractivity contribution in [3.63, 3.8) is 0 Å². The van der Waals surface area contributed by atoms with Gasteiger partial charge in [-0.25, -0.2) is 9.97 Å². The van der Waals surface area contributed by atoms with Gasteiger partial charge in [0.05, 0.1) is 12.0 Å². The zero-order valence-corrected chi connectivity index (χ0v) is 10.9. The second kappa shape index (κ2) is 5.69. The van der Waals surface area contributed by atoms with E-state index in [1.54, 1.807) is 12.1 Å². The molecule has 2 N–H and O–H groups in total. The molecule has 1 aliphatic rings. The van der Waals surface area contributed by atoms with Crippen LogP contribution in [0.15, 0.2) is 24.5 Å². The summed E-state index contributed by atoms with van der Waals surface area (Å²) in [5.41, 5.74) is 0. The molecule has 6 heteroatoms. The van der Waals surface area contributed by atoms with Crippen molar-refractivity contribution >= 4 is 11.8 Å². The Balaban J connectivity index is 1.97. The lowest BCUT2D eigenvalue weighted by atomic mass is 10.1. The van der Waals surface area contributed by atoms with Crippen LogP contribution in [0.1, 0.15) is 20.3 Å². The fourth-order valence-electron chi connectivity index (χ4n) is 1.90. The number of nitrogens with one attached hydrogen (secondary N) is 1. The molecule has 0 fully saturated rings. The zero-order chi connectivity index (χ0) is 13.8. The number of anilines is 1. The number of hydrogen-bond donors (Lipinski definition) is 2. The Labute approximate surface area is 111 Å². The van der Waals surface area contributed by atoms with Gasteiger partial charge in [0, 0.05) is 12.1 Å². The highest BCUT2D eigenvalue weighted by Crippen LogP contribution is 2.22. The molecule has 0 saturated carbocycles. The molecule has 102 valence electrons. The van der Waals surface area contributed by atoms with E-state index in [9.17, 15) is 4.79 Å². The Bertz CT molecular complexity index is 488. The van der Waals surface area contributed by atoms with E-state index in [0.717, 1.165) is 0 Å². The van der Waals surface area contributed by atoms with Crippen LogP contribution in [0.4, 0.5) is 5.82 Å². The van der Waals surface area contributed by atoms with Gasteiger partial charge in [-0.2, -0.15) is 0 Å². The fourth-order valence-corrected chi connectivity index (χ4v) is 1.90. The lowest BCUT2D eigenvalue weighted by Gasteiger charge is -2.14. The molecule has 0 amide bonds. The van der Waals surface area contributed by atoms with Gasteiger partial charge in [-0.3, -0.25) is 4.79 Å². The molecule has 2 atom stereocenters. The summed E-state index contributed by atoms with van der Waals surface area (Å²) in [6, 6.07) is 1.69. The normalized spacial score (nSPS) is 21.6. The van der Waals surface area contributed by atoms with Crippen LogP contribution < -0.4 is 10.1 Å². The van der Waals surface area contributed by atoms with E-state index in [1.165, 1.54) is 6.33 Å². The minimum atomic E-state index is -0.799. The maximum absolute atomic E-state index is 10.9. The van der Waals surface area contributed by atoms with Gasteiger partial charge in [-0.05, 0) is 20.3 Å². The van der Waals surface area contributed by atoms with Crippen molar-refractivity contribution in [3.05, 3.63) is 24.5 Å². The van der Waals surface area contributed by atoms with Crippen molar-refractivity contribution in [2.24, 2.45) is 5.92 Å². The van der Waals surface area contributed by atoms with Crippen molar-refractivity contribution in [1.82, 2.24) is 9.97 Å². The van der Waals surface area contributed by atoms with Crippen LogP contribution in [0.3, 0.4) is 0 Å².